The molecule has 1 aromatic carbocycles. The third-order valence-corrected chi connectivity index (χ3v) is 3.74. The monoisotopic (exact) mass is 277 g/mol. The van der Waals surface area contributed by atoms with E-state index in [2.05, 4.69) is 10.6 Å². The molecule has 1 saturated carbocycles. The number of nitro groups is 1. The van der Waals surface area contributed by atoms with Crippen LogP contribution in [0.2, 0.25) is 0 Å². The highest BCUT2D eigenvalue weighted by molar-refractivity contribution is 5.95. The van der Waals surface area contributed by atoms with Crippen LogP contribution in [0.25, 0.3) is 0 Å². The number of nitrogens with zero attached hydrogens (tertiary/aromatic N) is 1. The summed E-state index contributed by atoms with van der Waals surface area (Å²) in [6.45, 7) is 0.720. The molecule has 0 atom stereocenters. The van der Waals surface area contributed by atoms with Crippen molar-refractivity contribution in [2.45, 2.75) is 25.7 Å². The highest BCUT2D eigenvalue weighted by atomic mass is 16.6. The summed E-state index contributed by atoms with van der Waals surface area (Å²) in [4.78, 5) is 22.2. The molecule has 1 fully saturated rings. The fourth-order valence-corrected chi connectivity index (χ4v) is 2.59. The number of nitrogens with one attached hydrogen (secondary N) is 2. The summed E-state index contributed by atoms with van der Waals surface area (Å²) in [7, 11) is 1.54. The molecule has 0 saturated heterocycles. The van der Waals surface area contributed by atoms with E-state index >= 15 is 0 Å². The van der Waals surface area contributed by atoms with Gasteiger partial charge in [-0.25, -0.2) is 0 Å². The molecule has 1 amide bonds. The minimum atomic E-state index is -0.426. The average molecular weight is 277 g/mol. The third-order valence-electron chi connectivity index (χ3n) is 3.74. The molecule has 6 nitrogen and oxygen atoms in total. The van der Waals surface area contributed by atoms with E-state index in [1.54, 1.807) is 6.07 Å². The van der Waals surface area contributed by atoms with Crippen molar-refractivity contribution in [3.8, 4) is 0 Å². The van der Waals surface area contributed by atoms with Crippen LogP contribution in [0.4, 0.5) is 11.4 Å². The van der Waals surface area contributed by atoms with Gasteiger partial charge in [0.25, 0.3) is 11.6 Å². The van der Waals surface area contributed by atoms with Crippen LogP contribution in [0, 0.1) is 16.0 Å². The van der Waals surface area contributed by atoms with Gasteiger partial charge < -0.3 is 10.6 Å². The maximum absolute atomic E-state index is 11.6. The van der Waals surface area contributed by atoms with Crippen LogP contribution in [-0.2, 0) is 0 Å². The van der Waals surface area contributed by atoms with Gasteiger partial charge >= 0.3 is 0 Å². The Morgan fingerprint density at radius 1 is 1.40 bits per heavy atom. The van der Waals surface area contributed by atoms with E-state index in [4.69, 9.17) is 0 Å². The van der Waals surface area contributed by atoms with Crippen LogP contribution in [0.3, 0.4) is 0 Å². The molecule has 0 bridgehead atoms. The number of anilines is 1. The van der Waals surface area contributed by atoms with E-state index in [9.17, 15) is 14.9 Å². The first-order chi connectivity index (χ1) is 9.61. The zero-order chi connectivity index (χ0) is 14.5. The normalized spacial score (nSPS) is 15.1. The Kier molecular flexibility index (Phi) is 4.55. The quantitative estimate of drug-likeness (QED) is 0.640. The first kappa shape index (κ1) is 14.3. The predicted octanol–water partition coefficient (Wildman–Crippen LogP) is 2.56. The summed E-state index contributed by atoms with van der Waals surface area (Å²) in [5.74, 6) is 0.321. The van der Waals surface area contributed by atoms with Crippen molar-refractivity contribution in [2.75, 3.05) is 18.9 Å². The summed E-state index contributed by atoms with van der Waals surface area (Å²) in [6, 6.07) is 4.39. The molecule has 0 spiro atoms. The van der Waals surface area contributed by atoms with E-state index in [0.717, 1.165) is 19.4 Å². The van der Waals surface area contributed by atoms with Crippen LogP contribution in [0.1, 0.15) is 36.0 Å². The minimum absolute atomic E-state index is 0.00986. The number of benzene rings is 1. The first-order valence-electron chi connectivity index (χ1n) is 6.86. The number of nitro benzene ring substituents is 1. The maximum atomic E-state index is 11.6. The van der Waals surface area contributed by atoms with Gasteiger partial charge in [-0.3, -0.25) is 14.9 Å². The molecule has 1 aromatic rings. The Labute approximate surface area is 117 Å². The summed E-state index contributed by atoms with van der Waals surface area (Å²) >= 11 is 0. The Balaban J connectivity index is 2.17. The largest absolute Gasteiger partial charge is 0.379 e. The number of amides is 1. The van der Waals surface area contributed by atoms with Crippen LogP contribution in [0.5, 0.6) is 0 Å². The molecule has 0 unspecified atom stereocenters. The number of carbonyl (C=O) groups is 1. The smallest absolute Gasteiger partial charge is 0.292 e. The molecule has 108 valence electrons. The Bertz CT molecular complexity index is 510. The van der Waals surface area contributed by atoms with Crippen LogP contribution < -0.4 is 10.6 Å². The molecule has 20 heavy (non-hydrogen) atoms. The SMILES string of the molecule is CNC(=O)c1ccc([N+](=O)[O-])c(NCC2CCCC2)c1. The van der Waals surface area contributed by atoms with Crippen molar-refractivity contribution in [1.82, 2.24) is 5.32 Å². The molecule has 2 rings (SSSR count). The van der Waals surface area contributed by atoms with Crippen molar-refractivity contribution in [3.05, 3.63) is 33.9 Å². The fraction of sp³-hybridized carbons (Fsp3) is 0.500. The lowest BCUT2D eigenvalue weighted by Crippen LogP contribution is -2.18. The Hall–Kier alpha value is -2.11. The number of rotatable bonds is 5. The highest BCUT2D eigenvalue weighted by Gasteiger charge is 2.19. The van der Waals surface area contributed by atoms with Crippen LogP contribution in [0.15, 0.2) is 18.2 Å². The molecule has 0 aliphatic heterocycles. The predicted molar refractivity (Wildman–Crippen MR) is 76.9 cm³/mol. The van der Waals surface area contributed by atoms with Crippen molar-refractivity contribution in [3.63, 3.8) is 0 Å². The second kappa shape index (κ2) is 6.36. The van der Waals surface area contributed by atoms with Gasteiger partial charge in [0.15, 0.2) is 0 Å². The lowest BCUT2D eigenvalue weighted by Gasteiger charge is -2.12. The fourth-order valence-electron chi connectivity index (χ4n) is 2.59. The van der Waals surface area contributed by atoms with E-state index in [1.165, 1.54) is 32.0 Å². The van der Waals surface area contributed by atoms with Crippen LogP contribution >= 0.6 is 0 Å². The Morgan fingerprint density at radius 3 is 2.70 bits per heavy atom. The van der Waals surface area contributed by atoms with Gasteiger partial charge in [-0.2, -0.15) is 0 Å². The number of hydrogen-bond donors (Lipinski definition) is 2. The van der Waals surface area contributed by atoms with Gasteiger partial charge in [-0.15, -0.1) is 0 Å². The zero-order valence-corrected chi connectivity index (χ0v) is 11.5. The molecule has 6 heteroatoms. The molecule has 0 radical (unpaired) electrons. The van der Waals surface area contributed by atoms with Gasteiger partial charge in [0.1, 0.15) is 5.69 Å². The molecule has 0 heterocycles. The van der Waals surface area contributed by atoms with E-state index in [-0.39, 0.29) is 11.6 Å². The van der Waals surface area contributed by atoms with E-state index in [0.29, 0.717) is 17.2 Å². The third kappa shape index (κ3) is 3.26. The molecular weight excluding hydrogens is 258 g/mol. The zero-order valence-electron chi connectivity index (χ0n) is 11.5. The van der Waals surface area contributed by atoms with Gasteiger partial charge in [-0.05, 0) is 30.9 Å². The number of hydrogen-bond acceptors (Lipinski definition) is 4. The van der Waals surface area contributed by atoms with Crippen molar-refractivity contribution in [1.29, 1.82) is 0 Å². The van der Waals surface area contributed by atoms with Gasteiger partial charge in [0, 0.05) is 25.2 Å². The van der Waals surface area contributed by atoms with Gasteiger partial charge in [0.05, 0.1) is 4.92 Å². The first-order valence-corrected chi connectivity index (χ1v) is 6.86. The van der Waals surface area contributed by atoms with Gasteiger partial charge in [0.2, 0.25) is 0 Å². The van der Waals surface area contributed by atoms with Crippen molar-refractivity contribution < 1.29 is 9.72 Å². The van der Waals surface area contributed by atoms with Crippen LogP contribution in [-0.4, -0.2) is 24.4 Å². The summed E-state index contributed by atoms with van der Waals surface area (Å²) < 4.78 is 0. The Morgan fingerprint density at radius 2 is 2.10 bits per heavy atom. The van der Waals surface area contributed by atoms with E-state index < -0.39 is 4.92 Å². The highest BCUT2D eigenvalue weighted by Crippen LogP contribution is 2.29. The maximum Gasteiger partial charge on any atom is 0.292 e. The summed E-state index contributed by atoms with van der Waals surface area (Å²) in [5.41, 5.74) is 0.852. The van der Waals surface area contributed by atoms with Crippen molar-refractivity contribution in [2.24, 2.45) is 5.92 Å². The summed E-state index contributed by atoms with van der Waals surface area (Å²) in [6.07, 6.45) is 4.78. The number of carbonyl (C=O) groups excluding carboxylic acids is 1. The summed E-state index contributed by atoms with van der Waals surface area (Å²) in [5, 5.41) is 16.7. The topological polar surface area (TPSA) is 84.3 Å². The second-order valence-corrected chi connectivity index (χ2v) is 5.10. The molecule has 0 aromatic heterocycles. The molecule has 1 aliphatic rings. The molecular formula is C14H19N3O3. The lowest BCUT2D eigenvalue weighted by molar-refractivity contribution is -0.384. The van der Waals surface area contributed by atoms with Crippen molar-refractivity contribution >= 4 is 17.3 Å². The standard InChI is InChI=1S/C14H19N3O3/c1-15-14(18)11-6-7-13(17(19)20)12(8-11)16-9-10-4-2-3-5-10/h6-8,10,16H,2-5,9H2,1H3,(H,15,18). The average Bonchev–Trinajstić information content (AvgIpc) is 2.97. The second-order valence-electron chi connectivity index (χ2n) is 5.10. The lowest BCUT2D eigenvalue weighted by atomic mass is 10.1. The van der Waals surface area contributed by atoms with Gasteiger partial charge in [-0.1, -0.05) is 12.8 Å². The molecule has 2 N–H and O–H groups in total. The van der Waals surface area contributed by atoms with E-state index in [1.807, 2.05) is 0 Å². The minimum Gasteiger partial charge on any atom is -0.379 e. The molecule has 1 aliphatic carbocycles.